The van der Waals surface area contributed by atoms with Crippen molar-refractivity contribution in [2.45, 2.75) is 31.8 Å². The Labute approximate surface area is 152 Å². The molecule has 3 N–H and O–H groups in total. The van der Waals surface area contributed by atoms with Gasteiger partial charge in [0.05, 0.1) is 5.02 Å². The predicted molar refractivity (Wildman–Crippen MR) is 98.6 cm³/mol. The number of rotatable bonds is 3. The maximum Gasteiger partial charge on any atom is 0.287 e. The fourth-order valence-corrected chi connectivity index (χ4v) is 4.39. The van der Waals surface area contributed by atoms with Crippen LogP contribution in [-0.2, 0) is 0 Å². The second-order valence-corrected chi connectivity index (χ2v) is 7.42. The van der Waals surface area contributed by atoms with Crippen LogP contribution < -0.4 is 11.1 Å². The molecule has 1 aromatic carbocycles. The van der Waals surface area contributed by atoms with Gasteiger partial charge in [-0.1, -0.05) is 11.6 Å². The number of anilines is 1. The number of benzene rings is 1. The molecule has 0 radical (unpaired) electrons. The molecule has 3 saturated heterocycles. The number of carbonyl (C=O) groups excluding carboxylic acids is 1. The third-order valence-corrected chi connectivity index (χ3v) is 5.88. The monoisotopic (exact) mass is 359 g/mol. The first kappa shape index (κ1) is 16.5. The molecule has 0 spiro atoms. The lowest BCUT2D eigenvalue weighted by atomic mass is 9.79. The summed E-state index contributed by atoms with van der Waals surface area (Å²) in [6, 6.07) is 9.26. The maximum absolute atomic E-state index is 12.6. The van der Waals surface area contributed by atoms with Crippen LogP contribution in [0.15, 0.2) is 34.7 Å². The van der Waals surface area contributed by atoms with Gasteiger partial charge in [0.25, 0.3) is 5.91 Å². The van der Waals surface area contributed by atoms with Crippen molar-refractivity contribution >= 4 is 23.2 Å². The van der Waals surface area contributed by atoms with Crippen molar-refractivity contribution in [3.63, 3.8) is 0 Å². The Hall–Kier alpha value is -1.98. The lowest BCUT2D eigenvalue weighted by Gasteiger charge is -2.49. The topological polar surface area (TPSA) is 71.5 Å². The molecule has 2 bridgehead atoms. The number of nitrogen functional groups attached to an aromatic ring is 1. The van der Waals surface area contributed by atoms with Crippen molar-refractivity contribution in [3.05, 3.63) is 41.1 Å². The highest BCUT2D eigenvalue weighted by molar-refractivity contribution is 6.33. The summed E-state index contributed by atoms with van der Waals surface area (Å²) in [5.41, 5.74) is 7.04. The number of hydrogen-bond acceptors (Lipinski definition) is 4. The molecule has 0 aliphatic carbocycles. The maximum atomic E-state index is 12.6. The van der Waals surface area contributed by atoms with Crippen molar-refractivity contribution in [1.82, 2.24) is 10.2 Å². The summed E-state index contributed by atoms with van der Waals surface area (Å²) in [4.78, 5) is 15.1. The van der Waals surface area contributed by atoms with Gasteiger partial charge in [-0.05, 0) is 69.1 Å². The molecular formula is C19H22ClN3O2. The molecule has 1 amide bonds. The average Bonchev–Trinajstić information content (AvgIpc) is 3.08. The molecule has 5 nitrogen and oxygen atoms in total. The first-order valence-electron chi connectivity index (χ1n) is 8.73. The van der Waals surface area contributed by atoms with Gasteiger partial charge < -0.3 is 15.5 Å². The van der Waals surface area contributed by atoms with E-state index in [1.807, 2.05) is 0 Å². The number of nitrogens with one attached hydrogen (secondary N) is 1. The molecule has 2 atom stereocenters. The van der Waals surface area contributed by atoms with Crippen molar-refractivity contribution in [2.75, 3.05) is 18.8 Å². The minimum absolute atomic E-state index is 0.164. The Morgan fingerprint density at radius 3 is 2.72 bits per heavy atom. The van der Waals surface area contributed by atoms with Crippen LogP contribution in [0.4, 0.5) is 5.69 Å². The van der Waals surface area contributed by atoms with Crippen molar-refractivity contribution in [1.29, 1.82) is 0 Å². The number of hydrogen-bond donors (Lipinski definition) is 2. The Kier molecular flexibility index (Phi) is 4.21. The Morgan fingerprint density at radius 2 is 2.04 bits per heavy atom. The first-order valence-corrected chi connectivity index (χ1v) is 9.11. The summed E-state index contributed by atoms with van der Waals surface area (Å²) in [6.45, 7) is 4.47. The van der Waals surface area contributed by atoms with Crippen molar-refractivity contribution in [2.24, 2.45) is 5.92 Å². The summed E-state index contributed by atoms with van der Waals surface area (Å²) in [6.07, 6.45) is 2.31. The molecule has 5 rings (SSSR count). The van der Waals surface area contributed by atoms with Gasteiger partial charge in [-0.25, -0.2) is 0 Å². The van der Waals surface area contributed by atoms with Crippen LogP contribution in [0.1, 0.15) is 30.3 Å². The minimum Gasteiger partial charge on any atom is -0.451 e. The number of halogens is 1. The Bertz CT molecular complexity index is 794. The van der Waals surface area contributed by atoms with E-state index in [0.717, 1.165) is 31.5 Å². The number of amides is 1. The van der Waals surface area contributed by atoms with Gasteiger partial charge in [0.2, 0.25) is 0 Å². The fourth-order valence-electron chi connectivity index (χ4n) is 4.10. The lowest BCUT2D eigenvalue weighted by Crippen LogP contribution is -2.62. The van der Waals surface area contributed by atoms with E-state index in [9.17, 15) is 4.79 Å². The van der Waals surface area contributed by atoms with E-state index in [-0.39, 0.29) is 11.9 Å². The highest BCUT2D eigenvalue weighted by Gasteiger charge is 2.40. The largest absolute Gasteiger partial charge is 0.451 e. The molecule has 25 heavy (non-hydrogen) atoms. The Morgan fingerprint density at radius 1 is 1.28 bits per heavy atom. The van der Waals surface area contributed by atoms with Crippen LogP contribution in [0.5, 0.6) is 0 Å². The molecular weight excluding hydrogens is 338 g/mol. The third-order valence-electron chi connectivity index (χ3n) is 5.56. The number of furan rings is 1. The molecule has 4 heterocycles. The Balaban J connectivity index is 1.51. The number of nitrogens with two attached hydrogens (primary N) is 1. The number of fused-ring (bicyclic) bond motifs is 3. The van der Waals surface area contributed by atoms with E-state index >= 15 is 0 Å². The molecule has 3 fully saturated rings. The van der Waals surface area contributed by atoms with Gasteiger partial charge in [-0.2, -0.15) is 0 Å². The van der Waals surface area contributed by atoms with E-state index in [2.05, 4.69) is 17.1 Å². The van der Waals surface area contributed by atoms with Crippen molar-refractivity contribution < 1.29 is 9.21 Å². The second-order valence-electron chi connectivity index (χ2n) is 7.02. The smallest absolute Gasteiger partial charge is 0.287 e. The number of nitrogens with zero attached hydrogens (tertiary/aromatic N) is 1. The highest BCUT2D eigenvalue weighted by atomic mass is 35.5. The molecule has 0 unspecified atom stereocenters. The molecule has 132 valence electrons. The molecule has 3 aliphatic heterocycles. The van der Waals surface area contributed by atoms with Crippen LogP contribution >= 0.6 is 11.6 Å². The summed E-state index contributed by atoms with van der Waals surface area (Å²) >= 11 is 6.22. The highest BCUT2D eigenvalue weighted by Crippen LogP contribution is 2.33. The normalized spacial score (nSPS) is 28.1. The van der Waals surface area contributed by atoms with Gasteiger partial charge >= 0.3 is 0 Å². The molecule has 0 saturated carbocycles. The lowest BCUT2D eigenvalue weighted by molar-refractivity contribution is 0.0211. The fraction of sp³-hybridized carbons (Fsp3) is 0.421. The SMILES string of the molecule is C[C@@H]1[C@H](NC(=O)c2ccc(-c3ccc(N)cc3Cl)o2)C2CCN1CC2. The minimum atomic E-state index is -0.164. The quantitative estimate of drug-likeness (QED) is 0.824. The molecule has 2 aromatic rings. The zero-order valence-electron chi connectivity index (χ0n) is 14.2. The van der Waals surface area contributed by atoms with Crippen LogP contribution in [-0.4, -0.2) is 36.0 Å². The average molecular weight is 360 g/mol. The third kappa shape index (κ3) is 3.02. The summed E-state index contributed by atoms with van der Waals surface area (Å²) < 4.78 is 5.76. The van der Waals surface area contributed by atoms with E-state index in [1.54, 1.807) is 30.3 Å². The molecule has 6 heteroatoms. The summed E-state index contributed by atoms with van der Waals surface area (Å²) in [5, 5.41) is 3.68. The van der Waals surface area contributed by atoms with E-state index in [0.29, 0.717) is 34.2 Å². The number of carbonyl (C=O) groups is 1. The summed E-state index contributed by atoms with van der Waals surface area (Å²) in [5.74, 6) is 1.27. The van der Waals surface area contributed by atoms with Gasteiger partial charge in [-0.3, -0.25) is 9.69 Å². The standard InChI is InChI=1S/C19H22ClN3O2/c1-11-18(12-6-8-23(11)9-7-12)22-19(24)17-5-4-16(25-17)14-3-2-13(21)10-15(14)20/h2-5,10-12,18H,6-9,21H2,1H3,(H,22,24)/t11-,18+/m1/s1. The van der Waals surface area contributed by atoms with Gasteiger partial charge in [0.15, 0.2) is 5.76 Å². The van der Waals surface area contributed by atoms with Crippen LogP contribution in [0.2, 0.25) is 5.02 Å². The second kappa shape index (κ2) is 6.39. The molecule has 3 aliphatic rings. The van der Waals surface area contributed by atoms with Crippen LogP contribution in [0.25, 0.3) is 11.3 Å². The van der Waals surface area contributed by atoms with E-state index < -0.39 is 0 Å². The zero-order valence-corrected chi connectivity index (χ0v) is 14.9. The van der Waals surface area contributed by atoms with Gasteiger partial charge in [-0.15, -0.1) is 0 Å². The number of piperidine rings is 3. The van der Waals surface area contributed by atoms with Gasteiger partial charge in [0, 0.05) is 23.3 Å². The van der Waals surface area contributed by atoms with Crippen molar-refractivity contribution in [3.8, 4) is 11.3 Å². The first-order chi connectivity index (χ1) is 12.0. The van der Waals surface area contributed by atoms with Crippen LogP contribution in [0.3, 0.4) is 0 Å². The summed E-state index contributed by atoms with van der Waals surface area (Å²) in [7, 11) is 0. The molecule has 1 aromatic heterocycles. The van der Waals surface area contributed by atoms with Gasteiger partial charge in [0.1, 0.15) is 5.76 Å². The zero-order chi connectivity index (χ0) is 17.6. The van der Waals surface area contributed by atoms with E-state index in [1.165, 1.54) is 0 Å². The van der Waals surface area contributed by atoms with Crippen LogP contribution in [0, 0.1) is 5.92 Å². The predicted octanol–water partition coefficient (Wildman–Crippen LogP) is 3.39. The van der Waals surface area contributed by atoms with E-state index in [4.69, 9.17) is 21.8 Å².